The third-order valence-corrected chi connectivity index (χ3v) is 6.78. The van der Waals surface area contributed by atoms with E-state index in [-0.39, 0.29) is 9.79 Å². The fourth-order valence-electron chi connectivity index (χ4n) is 3.34. The van der Waals surface area contributed by atoms with Crippen LogP contribution in [0.2, 0.25) is 0 Å². The highest BCUT2D eigenvalue weighted by atomic mass is 32.2. The van der Waals surface area contributed by atoms with E-state index in [0.29, 0.717) is 29.8 Å². The van der Waals surface area contributed by atoms with E-state index < -0.39 is 15.3 Å². The molecule has 0 amide bonds. The molecule has 0 aliphatic heterocycles. The Hall–Kier alpha value is -2.60. The van der Waals surface area contributed by atoms with Gasteiger partial charge in [0, 0.05) is 12.7 Å². The second-order valence-corrected chi connectivity index (χ2v) is 8.90. The highest BCUT2D eigenvalue weighted by molar-refractivity contribution is 7.91. The Morgan fingerprint density at radius 3 is 2.34 bits per heavy atom. The molecule has 5 nitrogen and oxygen atoms in total. The van der Waals surface area contributed by atoms with Crippen molar-refractivity contribution in [2.45, 2.75) is 56.4 Å². The fraction of sp³-hybridized carbons (Fsp3) is 0.348. The predicted molar refractivity (Wildman–Crippen MR) is 116 cm³/mol. The SMILES string of the molecule is CCCCn1cc(S(=O)(=O)c2ccc(CC)cc2)c(=O)c2cc(OCC)ccc21. The van der Waals surface area contributed by atoms with Crippen molar-refractivity contribution < 1.29 is 13.2 Å². The van der Waals surface area contributed by atoms with Crippen molar-refractivity contribution in [3.8, 4) is 5.75 Å². The molecule has 6 heteroatoms. The number of benzene rings is 2. The van der Waals surface area contributed by atoms with Crippen LogP contribution in [0.25, 0.3) is 10.9 Å². The van der Waals surface area contributed by atoms with Crippen LogP contribution < -0.4 is 10.2 Å². The number of hydrogen-bond donors (Lipinski definition) is 0. The Balaban J connectivity index is 2.24. The minimum absolute atomic E-state index is 0.133. The molecule has 2 aromatic carbocycles. The maximum atomic E-state index is 13.3. The van der Waals surface area contributed by atoms with Gasteiger partial charge in [-0.2, -0.15) is 0 Å². The maximum Gasteiger partial charge on any atom is 0.211 e. The molecule has 0 spiro atoms. The topological polar surface area (TPSA) is 65.4 Å². The molecule has 29 heavy (non-hydrogen) atoms. The largest absolute Gasteiger partial charge is 0.494 e. The van der Waals surface area contributed by atoms with Gasteiger partial charge in [-0.05, 0) is 55.7 Å². The summed E-state index contributed by atoms with van der Waals surface area (Å²) in [6.07, 6.45) is 4.16. The summed E-state index contributed by atoms with van der Waals surface area (Å²) < 4.78 is 34.0. The molecular formula is C23H27NO4S. The lowest BCUT2D eigenvalue weighted by Gasteiger charge is -2.15. The number of fused-ring (bicyclic) bond motifs is 1. The number of ether oxygens (including phenoxy) is 1. The second-order valence-electron chi connectivity index (χ2n) is 6.98. The van der Waals surface area contributed by atoms with E-state index in [9.17, 15) is 13.2 Å². The quantitative estimate of drug-likeness (QED) is 0.541. The number of pyridine rings is 1. The average molecular weight is 414 g/mol. The van der Waals surface area contributed by atoms with Gasteiger partial charge >= 0.3 is 0 Å². The molecule has 0 N–H and O–H groups in total. The van der Waals surface area contributed by atoms with Gasteiger partial charge in [-0.1, -0.05) is 32.4 Å². The molecule has 1 aromatic heterocycles. The highest BCUT2D eigenvalue weighted by Crippen LogP contribution is 2.24. The number of hydrogen-bond acceptors (Lipinski definition) is 4. The van der Waals surface area contributed by atoms with Crippen LogP contribution in [0.15, 0.2) is 63.2 Å². The molecule has 3 rings (SSSR count). The van der Waals surface area contributed by atoms with E-state index in [0.717, 1.165) is 24.8 Å². The zero-order valence-electron chi connectivity index (χ0n) is 17.1. The minimum Gasteiger partial charge on any atom is -0.494 e. The van der Waals surface area contributed by atoms with Crippen LogP contribution in [0, 0.1) is 0 Å². The van der Waals surface area contributed by atoms with Gasteiger partial charge in [0.2, 0.25) is 15.3 Å². The summed E-state index contributed by atoms with van der Waals surface area (Å²) in [5.41, 5.74) is 1.27. The molecule has 0 bridgehead atoms. The normalized spacial score (nSPS) is 11.7. The van der Waals surface area contributed by atoms with Crippen LogP contribution in [-0.4, -0.2) is 19.6 Å². The molecular weight excluding hydrogens is 386 g/mol. The summed E-state index contributed by atoms with van der Waals surface area (Å²) in [4.78, 5) is 13.1. The van der Waals surface area contributed by atoms with Crippen molar-refractivity contribution in [3.05, 3.63) is 64.4 Å². The van der Waals surface area contributed by atoms with Crippen molar-refractivity contribution in [2.24, 2.45) is 0 Å². The van der Waals surface area contributed by atoms with Crippen molar-refractivity contribution in [1.82, 2.24) is 4.57 Å². The van der Waals surface area contributed by atoms with Crippen LogP contribution in [0.3, 0.4) is 0 Å². The summed E-state index contributed by atoms with van der Waals surface area (Å²) in [5.74, 6) is 0.556. The Morgan fingerprint density at radius 2 is 1.72 bits per heavy atom. The number of nitrogens with zero attached hydrogens (tertiary/aromatic N) is 1. The van der Waals surface area contributed by atoms with E-state index >= 15 is 0 Å². The molecule has 0 saturated carbocycles. The third kappa shape index (κ3) is 4.22. The fourth-order valence-corrected chi connectivity index (χ4v) is 4.71. The average Bonchev–Trinajstić information content (AvgIpc) is 2.73. The lowest BCUT2D eigenvalue weighted by atomic mass is 10.2. The predicted octanol–water partition coefficient (Wildman–Crippen LogP) is 4.60. The smallest absolute Gasteiger partial charge is 0.211 e. The minimum atomic E-state index is -3.93. The zero-order valence-corrected chi connectivity index (χ0v) is 18.0. The third-order valence-electron chi connectivity index (χ3n) is 5.01. The standard InChI is InChI=1S/C23H27NO4S/c1-4-7-14-24-16-22(29(26,27)19-11-8-17(5-2)9-12-19)23(25)20-15-18(28-6-3)10-13-21(20)24/h8-13,15-16H,4-7,14H2,1-3H3. The van der Waals surface area contributed by atoms with Gasteiger partial charge in [-0.25, -0.2) is 8.42 Å². The number of aryl methyl sites for hydroxylation is 2. The maximum absolute atomic E-state index is 13.3. The zero-order chi connectivity index (χ0) is 21.0. The van der Waals surface area contributed by atoms with Crippen LogP contribution in [0.5, 0.6) is 5.75 Å². The molecule has 0 aliphatic rings. The van der Waals surface area contributed by atoms with Gasteiger partial charge in [0.25, 0.3) is 0 Å². The molecule has 0 unspecified atom stereocenters. The lowest BCUT2D eigenvalue weighted by molar-refractivity contribution is 0.340. The molecule has 0 radical (unpaired) electrons. The summed E-state index contributed by atoms with van der Waals surface area (Å²) in [7, 11) is -3.93. The summed E-state index contributed by atoms with van der Waals surface area (Å²) >= 11 is 0. The van der Waals surface area contributed by atoms with Crippen LogP contribution in [-0.2, 0) is 22.8 Å². The number of unbranched alkanes of at least 4 members (excludes halogenated alkanes) is 1. The monoisotopic (exact) mass is 413 g/mol. The molecule has 0 atom stereocenters. The first kappa shape index (κ1) is 21.1. The van der Waals surface area contributed by atoms with Crippen molar-refractivity contribution in [2.75, 3.05) is 6.61 Å². The first-order valence-corrected chi connectivity index (χ1v) is 11.5. The van der Waals surface area contributed by atoms with E-state index in [4.69, 9.17) is 4.74 Å². The summed E-state index contributed by atoms with van der Waals surface area (Å²) in [6.45, 7) is 7.06. The summed E-state index contributed by atoms with van der Waals surface area (Å²) in [5, 5.41) is 0.360. The van der Waals surface area contributed by atoms with Gasteiger partial charge in [0.05, 0.1) is 22.4 Å². The first-order chi connectivity index (χ1) is 13.9. The Kier molecular flexibility index (Phi) is 6.42. The molecule has 0 fully saturated rings. The second kappa shape index (κ2) is 8.82. The highest BCUT2D eigenvalue weighted by Gasteiger charge is 2.24. The molecule has 0 saturated heterocycles. The van der Waals surface area contributed by atoms with Gasteiger partial charge in [-0.15, -0.1) is 0 Å². The van der Waals surface area contributed by atoms with Crippen LogP contribution in [0.4, 0.5) is 0 Å². The van der Waals surface area contributed by atoms with Gasteiger partial charge in [0.1, 0.15) is 10.6 Å². The van der Waals surface area contributed by atoms with Crippen molar-refractivity contribution in [1.29, 1.82) is 0 Å². The van der Waals surface area contributed by atoms with Crippen LogP contribution >= 0.6 is 0 Å². The van der Waals surface area contributed by atoms with Crippen molar-refractivity contribution >= 4 is 20.7 Å². The van der Waals surface area contributed by atoms with E-state index in [1.165, 1.54) is 6.20 Å². The van der Waals surface area contributed by atoms with E-state index in [2.05, 4.69) is 6.92 Å². The number of aromatic nitrogens is 1. The van der Waals surface area contributed by atoms with Crippen LogP contribution in [0.1, 0.15) is 39.2 Å². The lowest BCUT2D eigenvalue weighted by Crippen LogP contribution is -2.19. The number of rotatable bonds is 8. The molecule has 1 heterocycles. The Bertz CT molecular complexity index is 1160. The summed E-state index contributed by atoms with van der Waals surface area (Å²) in [6, 6.07) is 12.0. The number of sulfone groups is 1. The van der Waals surface area contributed by atoms with Gasteiger partial charge in [-0.3, -0.25) is 4.79 Å². The molecule has 154 valence electrons. The van der Waals surface area contributed by atoms with E-state index in [1.807, 2.05) is 30.5 Å². The van der Waals surface area contributed by atoms with Gasteiger partial charge in [0.15, 0.2) is 0 Å². The van der Waals surface area contributed by atoms with E-state index in [1.54, 1.807) is 30.3 Å². The molecule has 0 aliphatic carbocycles. The molecule has 3 aromatic rings. The Morgan fingerprint density at radius 1 is 1.00 bits per heavy atom. The first-order valence-electron chi connectivity index (χ1n) is 10.1. The Labute approximate surface area is 171 Å². The van der Waals surface area contributed by atoms with Gasteiger partial charge < -0.3 is 9.30 Å². The van der Waals surface area contributed by atoms with Crippen molar-refractivity contribution in [3.63, 3.8) is 0 Å².